The molecule has 0 aromatic heterocycles. The van der Waals surface area contributed by atoms with E-state index in [4.69, 9.17) is 10.5 Å². The van der Waals surface area contributed by atoms with Crippen molar-refractivity contribution in [1.82, 2.24) is 4.90 Å². The number of piperazine rings is 1. The summed E-state index contributed by atoms with van der Waals surface area (Å²) < 4.78 is 5.48. The number of hydrogen-bond acceptors (Lipinski definition) is 4. The Morgan fingerprint density at radius 3 is 2.33 bits per heavy atom. The summed E-state index contributed by atoms with van der Waals surface area (Å²) in [6.07, 6.45) is 0.938. The van der Waals surface area contributed by atoms with Crippen molar-refractivity contribution in [3.05, 3.63) is 60.2 Å². The SMILES string of the molecule is COc1ccccc1N1CCN(C[C@@H](N)Cc2ccccc2)CC1. The van der Waals surface area contributed by atoms with Gasteiger partial charge in [-0.25, -0.2) is 0 Å². The normalized spacial score (nSPS) is 16.8. The highest BCUT2D eigenvalue weighted by atomic mass is 16.5. The zero-order valence-corrected chi connectivity index (χ0v) is 14.4. The fourth-order valence-corrected chi connectivity index (χ4v) is 3.38. The van der Waals surface area contributed by atoms with Crippen LogP contribution in [0, 0.1) is 0 Å². The monoisotopic (exact) mass is 325 g/mol. The maximum atomic E-state index is 6.35. The highest BCUT2D eigenvalue weighted by Gasteiger charge is 2.20. The maximum Gasteiger partial charge on any atom is 0.142 e. The summed E-state index contributed by atoms with van der Waals surface area (Å²) in [5.41, 5.74) is 8.86. The van der Waals surface area contributed by atoms with Crippen LogP contribution in [0.15, 0.2) is 54.6 Å². The van der Waals surface area contributed by atoms with E-state index in [1.54, 1.807) is 7.11 Å². The van der Waals surface area contributed by atoms with Crippen LogP contribution in [0.2, 0.25) is 0 Å². The van der Waals surface area contributed by atoms with Crippen molar-refractivity contribution in [2.45, 2.75) is 12.5 Å². The molecule has 1 aliphatic heterocycles. The molecule has 1 heterocycles. The van der Waals surface area contributed by atoms with E-state index >= 15 is 0 Å². The van der Waals surface area contributed by atoms with Gasteiger partial charge in [-0.1, -0.05) is 42.5 Å². The first-order chi connectivity index (χ1) is 11.8. The highest BCUT2D eigenvalue weighted by Crippen LogP contribution is 2.28. The second kappa shape index (κ2) is 8.18. The largest absolute Gasteiger partial charge is 0.495 e. The lowest BCUT2D eigenvalue weighted by atomic mass is 10.1. The molecular formula is C20H27N3O. The Kier molecular flexibility index (Phi) is 5.72. The van der Waals surface area contributed by atoms with E-state index in [0.717, 1.165) is 44.9 Å². The number of ether oxygens (including phenoxy) is 1. The second-order valence-corrected chi connectivity index (χ2v) is 6.41. The van der Waals surface area contributed by atoms with Crippen molar-refractivity contribution in [1.29, 1.82) is 0 Å². The Bertz CT molecular complexity index is 624. The Labute approximate surface area is 144 Å². The summed E-state index contributed by atoms with van der Waals surface area (Å²) in [6, 6.07) is 18.9. The van der Waals surface area contributed by atoms with Crippen molar-refractivity contribution in [3.8, 4) is 5.75 Å². The van der Waals surface area contributed by atoms with Gasteiger partial charge in [-0.05, 0) is 24.1 Å². The Morgan fingerprint density at radius 1 is 0.958 bits per heavy atom. The fourth-order valence-electron chi connectivity index (χ4n) is 3.38. The first-order valence-electron chi connectivity index (χ1n) is 8.66. The number of benzene rings is 2. The Hall–Kier alpha value is -2.04. The van der Waals surface area contributed by atoms with Crippen LogP contribution >= 0.6 is 0 Å². The van der Waals surface area contributed by atoms with Gasteiger partial charge >= 0.3 is 0 Å². The third-order valence-corrected chi connectivity index (χ3v) is 4.63. The molecule has 0 bridgehead atoms. The number of rotatable bonds is 6. The van der Waals surface area contributed by atoms with Crippen molar-refractivity contribution in [2.24, 2.45) is 5.73 Å². The standard InChI is InChI=1S/C20H27N3O/c1-24-20-10-6-5-9-19(20)23-13-11-22(12-14-23)16-18(21)15-17-7-3-2-4-8-17/h2-10,18H,11-16,21H2,1H3/t18-/m0/s1. The molecule has 3 rings (SSSR count). The van der Waals surface area contributed by atoms with Gasteiger partial charge in [-0.2, -0.15) is 0 Å². The molecule has 1 aliphatic rings. The van der Waals surface area contributed by atoms with Crippen LogP contribution in [0.3, 0.4) is 0 Å². The Morgan fingerprint density at radius 2 is 1.62 bits per heavy atom. The molecule has 0 aliphatic carbocycles. The van der Waals surface area contributed by atoms with Gasteiger partial charge in [0.25, 0.3) is 0 Å². The molecule has 4 nitrogen and oxygen atoms in total. The predicted molar refractivity (Wildman–Crippen MR) is 99.8 cm³/mol. The molecule has 0 unspecified atom stereocenters. The van der Waals surface area contributed by atoms with E-state index in [1.165, 1.54) is 11.3 Å². The van der Waals surface area contributed by atoms with Gasteiger partial charge in [0.2, 0.25) is 0 Å². The first kappa shape index (κ1) is 16.8. The van der Waals surface area contributed by atoms with Gasteiger partial charge in [-0.15, -0.1) is 0 Å². The molecule has 2 aromatic rings. The van der Waals surface area contributed by atoms with Crippen molar-refractivity contribution in [3.63, 3.8) is 0 Å². The van der Waals surface area contributed by atoms with Gasteiger partial charge in [0, 0.05) is 38.8 Å². The average Bonchev–Trinajstić information content (AvgIpc) is 2.63. The van der Waals surface area contributed by atoms with E-state index < -0.39 is 0 Å². The smallest absolute Gasteiger partial charge is 0.142 e. The van der Waals surface area contributed by atoms with Crippen molar-refractivity contribution in [2.75, 3.05) is 44.7 Å². The van der Waals surface area contributed by atoms with Gasteiger partial charge in [0.15, 0.2) is 0 Å². The topological polar surface area (TPSA) is 41.7 Å². The second-order valence-electron chi connectivity index (χ2n) is 6.41. The molecule has 2 N–H and O–H groups in total. The number of para-hydroxylation sites is 2. The zero-order valence-electron chi connectivity index (χ0n) is 14.4. The molecule has 0 saturated carbocycles. The Balaban J connectivity index is 1.50. The lowest BCUT2D eigenvalue weighted by molar-refractivity contribution is 0.241. The van der Waals surface area contributed by atoms with Crippen molar-refractivity contribution < 1.29 is 4.74 Å². The van der Waals surface area contributed by atoms with Crippen LogP contribution in [-0.2, 0) is 6.42 Å². The molecular weight excluding hydrogens is 298 g/mol. The molecule has 128 valence electrons. The van der Waals surface area contributed by atoms with Gasteiger partial charge in [0.1, 0.15) is 5.75 Å². The maximum absolute atomic E-state index is 6.35. The number of anilines is 1. The summed E-state index contributed by atoms with van der Waals surface area (Å²) in [5.74, 6) is 0.951. The summed E-state index contributed by atoms with van der Waals surface area (Å²) in [4.78, 5) is 4.87. The van der Waals surface area contributed by atoms with Gasteiger partial charge < -0.3 is 15.4 Å². The van der Waals surface area contributed by atoms with E-state index in [9.17, 15) is 0 Å². The molecule has 4 heteroatoms. The van der Waals surface area contributed by atoms with E-state index in [-0.39, 0.29) is 6.04 Å². The van der Waals surface area contributed by atoms with Gasteiger partial charge in [0.05, 0.1) is 12.8 Å². The van der Waals surface area contributed by atoms with Crippen LogP contribution in [0.1, 0.15) is 5.56 Å². The van der Waals surface area contributed by atoms with Crippen LogP contribution < -0.4 is 15.4 Å². The highest BCUT2D eigenvalue weighted by molar-refractivity contribution is 5.58. The van der Waals surface area contributed by atoms with E-state index in [0.29, 0.717) is 0 Å². The number of nitrogens with zero attached hydrogens (tertiary/aromatic N) is 2. The van der Waals surface area contributed by atoms with Gasteiger partial charge in [-0.3, -0.25) is 4.90 Å². The fraction of sp³-hybridized carbons (Fsp3) is 0.400. The molecule has 24 heavy (non-hydrogen) atoms. The van der Waals surface area contributed by atoms with Crippen molar-refractivity contribution >= 4 is 5.69 Å². The van der Waals surface area contributed by atoms with E-state index in [1.807, 2.05) is 18.2 Å². The minimum Gasteiger partial charge on any atom is -0.495 e. The minimum absolute atomic E-state index is 0.185. The van der Waals surface area contributed by atoms with E-state index in [2.05, 4.69) is 46.2 Å². The summed E-state index contributed by atoms with van der Waals surface area (Å²) in [6.45, 7) is 5.06. The van der Waals surface area contributed by atoms with Crippen LogP contribution in [-0.4, -0.2) is 50.8 Å². The van der Waals surface area contributed by atoms with Crippen LogP contribution in [0.25, 0.3) is 0 Å². The summed E-state index contributed by atoms with van der Waals surface area (Å²) in [7, 11) is 1.73. The lowest BCUT2D eigenvalue weighted by Crippen LogP contribution is -2.50. The third kappa shape index (κ3) is 4.28. The summed E-state index contributed by atoms with van der Waals surface area (Å²) in [5, 5.41) is 0. The molecule has 0 spiro atoms. The lowest BCUT2D eigenvalue weighted by Gasteiger charge is -2.37. The summed E-state index contributed by atoms with van der Waals surface area (Å²) >= 11 is 0. The number of nitrogens with two attached hydrogens (primary N) is 1. The van der Waals surface area contributed by atoms with Crippen LogP contribution in [0.5, 0.6) is 5.75 Å². The molecule has 0 amide bonds. The number of hydrogen-bond donors (Lipinski definition) is 1. The predicted octanol–water partition coefficient (Wildman–Crippen LogP) is 2.39. The third-order valence-electron chi connectivity index (χ3n) is 4.63. The molecule has 1 fully saturated rings. The van der Waals surface area contributed by atoms with Crippen LogP contribution in [0.4, 0.5) is 5.69 Å². The average molecular weight is 325 g/mol. The minimum atomic E-state index is 0.185. The molecule has 1 saturated heterocycles. The number of methoxy groups -OCH3 is 1. The zero-order chi connectivity index (χ0) is 16.8. The molecule has 2 aromatic carbocycles. The first-order valence-corrected chi connectivity index (χ1v) is 8.66. The molecule has 0 radical (unpaired) electrons. The molecule has 1 atom stereocenters. The quantitative estimate of drug-likeness (QED) is 0.885.